The molecule has 2 heterocycles. The minimum Gasteiger partial charge on any atom is -0.340 e. The summed E-state index contributed by atoms with van der Waals surface area (Å²) in [4.78, 5) is 4.58. The van der Waals surface area contributed by atoms with Gasteiger partial charge in [-0.1, -0.05) is 25.1 Å². The van der Waals surface area contributed by atoms with E-state index >= 15 is 0 Å². The highest BCUT2D eigenvalue weighted by molar-refractivity contribution is 7.09. The van der Waals surface area contributed by atoms with Crippen LogP contribution in [-0.2, 0) is 13.0 Å². The number of thiazole rings is 1. The van der Waals surface area contributed by atoms with E-state index in [9.17, 15) is 0 Å². The van der Waals surface area contributed by atoms with Crippen LogP contribution in [0.15, 0.2) is 35.8 Å². The van der Waals surface area contributed by atoms with E-state index in [4.69, 9.17) is 0 Å². The van der Waals surface area contributed by atoms with Crippen LogP contribution in [0.4, 0.5) is 0 Å². The number of nitrogens with one attached hydrogen (secondary N) is 1. The number of hydrogen-bond acceptors (Lipinski definition) is 3. The molecule has 0 spiro atoms. The molecule has 2 aromatic heterocycles. The van der Waals surface area contributed by atoms with Gasteiger partial charge in [0.15, 0.2) is 0 Å². The van der Waals surface area contributed by atoms with E-state index in [0.717, 1.165) is 31.7 Å². The van der Waals surface area contributed by atoms with E-state index in [0.29, 0.717) is 0 Å². The van der Waals surface area contributed by atoms with E-state index in [-0.39, 0.29) is 0 Å². The Morgan fingerprint density at radius 2 is 2.14 bits per heavy atom. The molecule has 0 aliphatic rings. The molecule has 3 rings (SSSR count). The molecule has 0 atom stereocenters. The predicted molar refractivity (Wildman–Crippen MR) is 90.1 cm³/mol. The molecule has 0 aliphatic carbocycles. The quantitative estimate of drug-likeness (QED) is 0.705. The van der Waals surface area contributed by atoms with Gasteiger partial charge in [-0.25, -0.2) is 4.98 Å². The van der Waals surface area contributed by atoms with Gasteiger partial charge in [0.05, 0.1) is 6.54 Å². The Kier molecular flexibility index (Phi) is 4.36. The highest BCUT2D eigenvalue weighted by Gasteiger charge is 2.09. The first-order valence-electron chi connectivity index (χ1n) is 7.46. The minimum absolute atomic E-state index is 0.861. The van der Waals surface area contributed by atoms with Crippen LogP contribution in [0.1, 0.15) is 23.2 Å². The normalized spacial score (nSPS) is 11.3. The Hall–Kier alpha value is -1.65. The highest BCUT2D eigenvalue weighted by Crippen LogP contribution is 2.23. The van der Waals surface area contributed by atoms with Gasteiger partial charge in [-0.3, -0.25) is 0 Å². The van der Waals surface area contributed by atoms with Crippen molar-refractivity contribution in [3.63, 3.8) is 0 Å². The van der Waals surface area contributed by atoms with Crippen molar-refractivity contribution in [1.82, 2.24) is 14.9 Å². The van der Waals surface area contributed by atoms with Crippen LogP contribution >= 0.6 is 11.3 Å². The maximum atomic E-state index is 4.58. The third-order valence-corrected chi connectivity index (χ3v) is 4.62. The maximum Gasteiger partial charge on any atom is 0.113 e. The lowest BCUT2D eigenvalue weighted by Crippen LogP contribution is -2.15. The number of benzene rings is 1. The molecule has 0 amide bonds. The second-order valence-corrected chi connectivity index (χ2v) is 6.23. The minimum atomic E-state index is 0.861. The fraction of sp³-hybridized carbons (Fsp3) is 0.353. The van der Waals surface area contributed by atoms with Crippen LogP contribution in [0, 0.1) is 6.92 Å². The first kappa shape index (κ1) is 14.3. The molecule has 0 aliphatic heterocycles. The van der Waals surface area contributed by atoms with Gasteiger partial charge in [0.2, 0.25) is 0 Å². The molecule has 3 nitrogen and oxygen atoms in total. The van der Waals surface area contributed by atoms with E-state index in [1.54, 1.807) is 11.3 Å². The lowest BCUT2D eigenvalue weighted by molar-refractivity contribution is 0.715. The standard InChI is InChI=1S/C17H21N3S/c1-3-18-9-8-14-10-20(11-17-19-13(2)12-21-17)16-7-5-4-6-15(14)16/h4-7,10,12,18H,3,8-9,11H2,1-2H3. The van der Waals surface area contributed by atoms with Crippen LogP contribution in [0.3, 0.4) is 0 Å². The molecule has 3 aromatic rings. The zero-order valence-electron chi connectivity index (χ0n) is 12.6. The molecule has 1 N–H and O–H groups in total. The number of nitrogens with zero attached hydrogens (tertiary/aromatic N) is 2. The van der Waals surface area contributed by atoms with Crippen LogP contribution in [0.5, 0.6) is 0 Å². The van der Waals surface area contributed by atoms with E-state index in [1.807, 2.05) is 0 Å². The average Bonchev–Trinajstić information content (AvgIpc) is 3.05. The van der Waals surface area contributed by atoms with Gasteiger partial charge in [-0.05, 0) is 38.1 Å². The molecule has 0 unspecified atom stereocenters. The summed E-state index contributed by atoms with van der Waals surface area (Å²) >= 11 is 1.74. The second-order valence-electron chi connectivity index (χ2n) is 5.29. The summed E-state index contributed by atoms with van der Waals surface area (Å²) in [6.07, 6.45) is 3.36. The number of hydrogen-bond donors (Lipinski definition) is 1. The summed E-state index contributed by atoms with van der Waals surface area (Å²) < 4.78 is 2.33. The molecular formula is C17H21N3S. The van der Waals surface area contributed by atoms with Crippen molar-refractivity contribution in [2.24, 2.45) is 0 Å². The Labute approximate surface area is 129 Å². The lowest BCUT2D eigenvalue weighted by atomic mass is 10.1. The van der Waals surface area contributed by atoms with E-state index in [2.05, 4.69) is 64.6 Å². The Morgan fingerprint density at radius 3 is 2.90 bits per heavy atom. The topological polar surface area (TPSA) is 29.9 Å². The molecular weight excluding hydrogens is 278 g/mol. The second kappa shape index (κ2) is 6.41. The summed E-state index contributed by atoms with van der Waals surface area (Å²) in [6.45, 7) is 7.11. The smallest absolute Gasteiger partial charge is 0.113 e. The average molecular weight is 299 g/mol. The number of likely N-dealkylation sites (N-methyl/N-ethyl adjacent to an activating group) is 1. The van der Waals surface area contributed by atoms with Crippen LogP contribution < -0.4 is 5.32 Å². The number of aryl methyl sites for hydroxylation is 1. The summed E-state index contributed by atoms with van der Waals surface area (Å²) in [5.41, 5.74) is 3.83. The number of fused-ring (bicyclic) bond motifs is 1. The van der Waals surface area contributed by atoms with Gasteiger partial charge < -0.3 is 9.88 Å². The first-order chi connectivity index (χ1) is 10.3. The van der Waals surface area contributed by atoms with Crippen molar-refractivity contribution >= 4 is 22.2 Å². The fourth-order valence-electron chi connectivity index (χ4n) is 2.67. The van der Waals surface area contributed by atoms with Gasteiger partial charge in [0.25, 0.3) is 0 Å². The largest absolute Gasteiger partial charge is 0.340 e. The highest BCUT2D eigenvalue weighted by atomic mass is 32.1. The van der Waals surface area contributed by atoms with Crippen LogP contribution in [0.25, 0.3) is 10.9 Å². The van der Waals surface area contributed by atoms with Gasteiger partial charge >= 0.3 is 0 Å². The van der Waals surface area contributed by atoms with Crippen molar-refractivity contribution in [1.29, 1.82) is 0 Å². The Bertz CT molecular complexity index is 727. The first-order valence-corrected chi connectivity index (χ1v) is 8.34. The van der Waals surface area contributed by atoms with E-state index in [1.165, 1.54) is 21.5 Å². The van der Waals surface area contributed by atoms with Gasteiger partial charge in [-0.2, -0.15) is 0 Å². The SMILES string of the molecule is CCNCCc1cn(Cc2nc(C)cs2)c2ccccc12. The number of rotatable bonds is 6. The molecule has 110 valence electrons. The van der Waals surface area contributed by atoms with Crippen molar-refractivity contribution in [2.75, 3.05) is 13.1 Å². The molecule has 0 fully saturated rings. The van der Waals surface area contributed by atoms with Crippen LogP contribution in [0.2, 0.25) is 0 Å². The van der Waals surface area contributed by atoms with Crippen molar-refractivity contribution < 1.29 is 0 Å². The molecule has 21 heavy (non-hydrogen) atoms. The predicted octanol–water partition coefficient (Wildman–Crippen LogP) is 3.61. The van der Waals surface area contributed by atoms with E-state index < -0.39 is 0 Å². The summed E-state index contributed by atoms with van der Waals surface area (Å²) in [7, 11) is 0. The summed E-state index contributed by atoms with van der Waals surface area (Å²) in [5, 5.41) is 8.06. The van der Waals surface area contributed by atoms with Gasteiger partial charge in [0.1, 0.15) is 5.01 Å². The van der Waals surface area contributed by atoms with Gasteiger partial charge in [-0.15, -0.1) is 11.3 Å². The maximum absolute atomic E-state index is 4.58. The number of aromatic nitrogens is 2. The van der Waals surface area contributed by atoms with Crippen molar-refractivity contribution in [2.45, 2.75) is 26.8 Å². The summed E-state index contributed by atoms with van der Waals surface area (Å²) in [6, 6.07) is 8.66. The Morgan fingerprint density at radius 1 is 1.29 bits per heavy atom. The molecule has 0 bridgehead atoms. The van der Waals surface area contributed by atoms with Crippen molar-refractivity contribution in [3.8, 4) is 0 Å². The zero-order chi connectivity index (χ0) is 14.7. The third kappa shape index (κ3) is 3.17. The van der Waals surface area contributed by atoms with Crippen LogP contribution in [-0.4, -0.2) is 22.6 Å². The van der Waals surface area contributed by atoms with Gasteiger partial charge in [0, 0.05) is 28.2 Å². The Balaban J connectivity index is 1.90. The summed E-state index contributed by atoms with van der Waals surface area (Å²) in [5.74, 6) is 0. The fourth-order valence-corrected chi connectivity index (χ4v) is 3.44. The van der Waals surface area contributed by atoms with Crippen molar-refractivity contribution in [3.05, 3.63) is 52.1 Å². The number of para-hydroxylation sites is 1. The lowest BCUT2D eigenvalue weighted by Gasteiger charge is -2.01. The molecule has 4 heteroatoms. The molecule has 0 saturated heterocycles. The molecule has 0 radical (unpaired) electrons. The molecule has 1 aromatic carbocycles. The molecule has 0 saturated carbocycles. The third-order valence-electron chi connectivity index (χ3n) is 3.66. The zero-order valence-corrected chi connectivity index (χ0v) is 13.4. The monoisotopic (exact) mass is 299 g/mol.